The first kappa shape index (κ1) is 12.0. The summed E-state index contributed by atoms with van der Waals surface area (Å²) in [6, 6.07) is 0.0380. The predicted molar refractivity (Wildman–Crippen MR) is 67.7 cm³/mol. The van der Waals surface area contributed by atoms with E-state index in [0.717, 1.165) is 0 Å². The first-order valence-corrected chi connectivity index (χ1v) is 7.17. The van der Waals surface area contributed by atoms with Gasteiger partial charge in [-0.15, -0.1) is 0 Å². The minimum absolute atomic E-state index is 0.0135. The average molecular weight is 250 g/mol. The molecule has 3 fully saturated rings. The Bertz CT molecular complexity index is 360. The number of hydrogen-bond acceptors (Lipinski definition) is 2. The van der Waals surface area contributed by atoms with E-state index < -0.39 is 0 Å². The number of piperazine rings is 1. The van der Waals surface area contributed by atoms with Gasteiger partial charge in [-0.25, -0.2) is 0 Å². The monoisotopic (exact) mass is 250 g/mol. The maximum Gasteiger partial charge on any atom is 0.246 e. The van der Waals surface area contributed by atoms with Gasteiger partial charge in [-0.2, -0.15) is 0 Å². The van der Waals surface area contributed by atoms with E-state index in [1.54, 1.807) is 0 Å². The zero-order valence-electron chi connectivity index (χ0n) is 11.2. The third kappa shape index (κ3) is 2.13. The lowest BCUT2D eigenvalue weighted by Crippen LogP contribution is -2.62. The molecule has 0 aromatic carbocycles. The molecule has 0 radical (unpaired) electrons. The van der Waals surface area contributed by atoms with Crippen LogP contribution < -0.4 is 5.32 Å². The quantitative estimate of drug-likeness (QED) is 0.814. The van der Waals surface area contributed by atoms with Crippen LogP contribution in [0.1, 0.15) is 39.5 Å². The summed E-state index contributed by atoms with van der Waals surface area (Å²) in [4.78, 5) is 26.3. The average Bonchev–Trinajstić information content (AvgIpc) is 3.14. The normalized spacial score (nSPS) is 29.1. The van der Waals surface area contributed by atoms with Gasteiger partial charge in [0.25, 0.3) is 0 Å². The maximum atomic E-state index is 12.5. The van der Waals surface area contributed by atoms with E-state index in [1.165, 1.54) is 25.7 Å². The van der Waals surface area contributed by atoms with Crippen LogP contribution in [0.2, 0.25) is 0 Å². The summed E-state index contributed by atoms with van der Waals surface area (Å²) in [7, 11) is 0. The summed E-state index contributed by atoms with van der Waals surface area (Å²) < 4.78 is 0. The molecule has 2 amide bonds. The summed E-state index contributed by atoms with van der Waals surface area (Å²) in [5, 5.41) is 2.84. The number of carbonyl (C=O) groups excluding carboxylic acids is 2. The van der Waals surface area contributed by atoms with Gasteiger partial charge in [0.2, 0.25) is 11.8 Å². The van der Waals surface area contributed by atoms with Gasteiger partial charge >= 0.3 is 0 Å². The number of hydrogen-bond donors (Lipinski definition) is 1. The highest BCUT2D eigenvalue weighted by Gasteiger charge is 2.49. The van der Waals surface area contributed by atoms with E-state index in [4.69, 9.17) is 0 Å². The molecule has 1 aliphatic heterocycles. The fraction of sp³-hybridized carbons (Fsp3) is 0.857. The Morgan fingerprint density at radius 3 is 2.11 bits per heavy atom. The van der Waals surface area contributed by atoms with Gasteiger partial charge in [0.05, 0.1) is 6.54 Å². The number of nitrogens with zero attached hydrogens (tertiary/aromatic N) is 1. The van der Waals surface area contributed by atoms with Crippen LogP contribution in [-0.4, -0.2) is 35.3 Å². The molecule has 3 aliphatic rings. The fourth-order valence-electron chi connectivity index (χ4n) is 3.17. The van der Waals surface area contributed by atoms with E-state index in [-0.39, 0.29) is 30.3 Å². The number of rotatable bonds is 4. The van der Waals surface area contributed by atoms with Crippen molar-refractivity contribution in [3.05, 3.63) is 0 Å². The summed E-state index contributed by atoms with van der Waals surface area (Å²) in [5.41, 5.74) is 0. The lowest BCUT2D eigenvalue weighted by molar-refractivity contribution is -0.149. The second kappa shape index (κ2) is 4.25. The highest BCUT2D eigenvalue weighted by Crippen LogP contribution is 2.47. The summed E-state index contributed by atoms with van der Waals surface area (Å²) in [6.07, 6.45) is 4.94. The van der Waals surface area contributed by atoms with Crippen LogP contribution in [0.4, 0.5) is 0 Å². The van der Waals surface area contributed by atoms with Crippen LogP contribution >= 0.6 is 0 Å². The molecule has 0 spiro atoms. The summed E-state index contributed by atoms with van der Waals surface area (Å²) >= 11 is 0. The molecule has 1 unspecified atom stereocenters. The predicted octanol–water partition coefficient (Wildman–Crippen LogP) is 1.16. The van der Waals surface area contributed by atoms with Crippen molar-refractivity contribution in [1.82, 2.24) is 10.2 Å². The fourth-order valence-corrected chi connectivity index (χ4v) is 3.17. The van der Waals surface area contributed by atoms with E-state index in [0.29, 0.717) is 17.9 Å². The van der Waals surface area contributed by atoms with Gasteiger partial charge in [0.15, 0.2) is 0 Å². The van der Waals surface area contributed by atoms with Crippen molar-refractivity contribution < 1.29 is 9.59 Å². The van der Waals surface area contributed by atoms with E-state index in [9.17, 15) is 9.59 Å². The van der Waals surface area contributed by atoms with E-state index in [2.05, 4.69) is 5.32 Å². The van der Waals surface area contributed by atoms with Crippen molar-refractivity contribution in [1.29, 1.82) is 0 Å². The lowest BCUT2D eigenvalue weighted by atomic mass is 9.97. The zero-order chi connectivity index (χ0) is 12.9. The standard InChI is InChI=1S/C14H22N2O2/c1-8(2)12-14(18)16(7-11(17)15-12)13(9-3-4-9)10-5-6-10/h8-10,12-13H,3-7H2,1-2H3,(H,15,17). The first-order chi connectivity index (χ1) is 8.58. The van der Waals surface area contributed by atoms with Crippen LogP contribution in [0.3, 0.4) is 0 Å². The third-order valence-corrected chi connectivity index (χ3v) is 4.42. The van der Waals surface area contributed by atoms with Gasteiger partial charge in [0, 0.05) is 6.04 Å². The Kier molecular flexibility index (Phi) is 2.83. The van der Waals surface area contributed by atoms with Crippen molar-refractivity contribution in [2.75, 3.05) is 6.54 Å². The highest BCUT2D eigenvalue weighted by molar-refractivity contribution is 5.95. The topological polar surface area (TPSA) is 49.4 Å². The largest absolute Gasteiger partial charge is 0.343 e. The van der Waals surface area contributed by atoms with Crippen LogP contribution in [-0.2, 0) is 9.59 Å². The molecule has 2 saturated carbocycles. The molecular weight excluding hydrogens is 228 g/mol. The molecule has 1 atom stereocenters. The highest BCUT2D eigenvalue weighted by atomic mass is 16.2. The summed E-state index contributed by atoms with van der Waals surface area (Å²) in [5.74, 6) is 1.66. The molecule has 1 saturated heterocycles. The second-order valence-electron chi connectivity index (χ2n) is 6.42. The third-order valence-electron chi connectivity index (χ3n) is 4.42. The Hall–Kier alpha value is -1.06. The van der Waals surface area contributed by atoms with E-state index >= 15 is 0 Å². The SMILES string of the molecule is CC(C)C1NC(=O)CN(C(C2CC2)C2CC2)C1=O. The molecule has 4 heteroatoms. The molecule has 3 rings (SSSR count). The number of amides is 2. The number of carbonyl (C=O) groups is 2. The molecule has 100 valence electrons. The number of nitrogens with one attached hydrogen (secondary N) is 1. The van der Waals surface area contributed by atoms with Crippen LogP contribution in [0.25, 0.3) is 0 Å². The maximum absolute atomic E-state index is 12.5. The lowest BCUT2D eigenvalue weighted by Gasteiger charge is -2.39. The van der Waals surface area contributed by atoms with Crippen molar-refractivity contribution in [3.63, 3.8) is 0 Å². The first-order valence-electron chi connectivity index (χ1n) is 7.17. The van der Waals surface area contributed by atoms with Crippen molar-refractivity contribution >= 4 is 11.8 Å². The molecule has 2 aliphatic carbocycles. The van der Waals surface area contributed by atoms with Crippen molar-refractivity contribution in [3.8, 4) is 0 Å². The zero-order valence-corrected chi connectivity index (χ0v) is 11.2. The Morgan fingerprint density at radius 2 is 1.67 bits per heavy atom. The Morgan fingerprint density at radius 1 is 1.11 bits per heavy atom. The van der Waals surface area contributed by atoms with Crippen molar-refractivity contribution in [2.45, 2.75) is 51.6 Å². The second-order valence-corrected chi connectivity index (χ2v) is 6.42. The van der Waals surface area contributed by atoms with Crippen LogP contribution in [0.5, 0.6) is 0 Å². The van der Waals surface area contributed by atoms with Crippen LogP contribution in [0.15, 0.2) is 0 Å². The minimum Gasteiger partial charge on any atom is -0.343 e. The molecule has 1 N–H and O–H groups in total. The van der Waals surface area contributed by atoms with Crippen LogP contribution in [0, 0.1) is 17.8 Å². The summed E-state index contributed by atoms with van der Waals surface area (Å²) in [6.45, 7) is 4.27. The molecule has 1 heterocycles. The molecular formula is C14H22N2O2. The molecule has 4 nitrogen and oxygen atoms in total. The smallest absolute Gasteiger partial charge is 0.246 e. The van der Waals surface area contributed by atoms with Gasteiger partial charge in [-0.05, 0) is 43.4 Å². The molecule has 18 heavy (non-hydrogen) atoms. The van der Waals surface area contributed by atoms with Gasteiger partial charge < -0.3 is 10.2 Å². The van der Waals surface area contributed by atoms with Gasteiger partial charge in [-0.1, -0.05) is 13.8 Å². The molecule has 0 aromatic heterocycles. The van der Waals surface area contributed by atoms with Gasteiger partial charge in [-0.3, -0.25) is 9.59 Å². The van der Waals surface area contributed by atoms with E-state index in [1.807, 2.05) is 18.7 Å². The molecule has 0 aromatic rings. The molecule has 0 bridgehead atoms. The van der Waals surface area contributed by atoms with Crippen molar-refractivity contribution in [2.24, 2.45) is 17.8 Å². The minimum atomic E-state index is -0.314. The van der Waals surface area contributed by atoms with Gasteiger partial charge in [0.1, 0.15) is 6.04 Å². The Balaban J connectivity index is 1.80. The Labute approximate surface area is 108 Å².